The van der Waals surface area contributed by atoms with Crippen molar-refractivity contribution in [3.05, 3.63) is 24.3 Å². The van der Waals surface area contributed by atoms with E-state index < -0.39 is 11.9 Å². The zero-order valence-electron chi connectivity index (χ0n) is 12.2. The van der Waals surface area contributed by atoms with Crippen LogP contribution in [0.25, 0.3) is 0 Å². The molecule has 21 heavy (non-hydrogen) atoms. The number of benzene rings is 1. The van der Waals surface area contributed by atoms with Crippen LogP contribution in [0, 0.1) is 11.8 Å². The summed E-state index contributed by atoms with van der Waals surface area (Å²) in [4.78, 5) is 24.7. The van der Waals surface area contributed by atoms with Gasteiger partial charge >= 0.3 is 12.0 Å². The second-order valence-corrected chi connectivity index (χ2v) is 5.21. The molecule has 0 aliphatic carbocycles. The maximum atomic E-state index is 12.1. The molecule has 1 aliphatic heterocycles. The van der Waals surface area contributed by atoms with Gasteiger partial charge < -0.3 is 20.1 Å². The number of aliphatic carboxylic acids is 1. The van der Waals surface area contributed by atoms with Crippen LogP contribution < -0.4 is 10.1 Å². The van der Waals surface area contributed by atoms with Crippen molar-refractivity contribution in [2.75, 3.05) is 25.0 Å². The minimum absolute atomic E-state index is 0.0337. The Kier molecular flexibility index (Phi) is 4.67. The lowest BCUT2D eigenvalue weighted by Gasteiger charge is -2.17. The van der Waals surface area contributed by atoms with Crippen LogP contribution in [-0.2, 0) is 4.79 Å². The Labute approximate surface area is 123 Å². The van der Waals surface area contributed by atoms with Gasteiger partial charge in [-0.2, -0.15) is 0 Å². The van der Waals surface area contributed by atoms with Crippen molar-refractivity contribution in [1.82, 2.24) is 4.90 Å². The minimum atomic E-state index is -0.848. The Morgan fingerprint density at radius 3 is 2.52 bits per heavy atom. The molecular formula is C15H20N2O4. The average molecular weight is 292 g/mol. The van der Waals surface area contributed by atoms with Gasteiger partial charge in [-0.3, -0.25) is 4.79 Å². The topological polar surface area (TPSA) is 78.9 Å². The largest absolute Gasteiger partial charge is 0.494 e. The number of carbonyl (C=O) groups is 2. The van der Waals surface area contributed by atoms with Gasteiger partial charge in [-0.15, -0.1) is 0 Å². The Morgan fingerprint density at radius 2 is 2.00 bits per heavy atom. The van der Waals surface area contributed by atoms with Crippen LogP contribution >= 0.6 is 0 Å². The maximum Gasteiger partial charge on any atom is 0.321 e. The highest BCUT2D eigenvalue weighted by atomic mass is 16.5. The third kappa shape index (κ3) is 3.65. The first-order valence-electron chi connectivity index (χ1n) is 7.03. The quantitative estimate of drug-likeness (QED) is 0.892. The van der Waals surface area contributed by atoms with Crippen LogP contribution in [0.5, 0.6) is 5.75 Å². The van der Waals surface area contributed by atoms with E-state index in [1.54, 1.807) is 29.2 Å². The van der Waals surface area contributed by atoms with Crippen LogP contribution in [0.2, 0.25) is 0 Å². The molecule has 1 saturated heterocycles. The number of rotatable bonds is 4. The first kappa shape index (κ1) is 15.2. The van der Waals surface area contributed by atoms with Gasteiger partial charge in [0.15, 0.2) is 0 Å². The van der Waals surface area contributed by atoms with E-state index in [9.17, 15) is 9.59 Å². The Bertz CT molecular complexity index is 515. The molecular weight excluding hydrogens is 272 g/mol. The van der Waals surface area contributed by atoms with E-state index in [4.69, 9.17) is 9.84 Å². The van der Waals surface area contributed by atoms with Gasteiger partial charge in [-0.25, -0.2) is 4.79 Å². The predicted octanol–water partition coefficient (Wildman–Crippen LogP) is 2.27. The number of amides is 2. The summed E-state index contributed by atoms with van der Waals surface area (Å²) in [6, 6.07) is 6.82. The number of urea groups is 1. The van der Waals surface area contributed by atoms with Gasteiger partial charge in [0.2, 0.25) is 0 Å². The summed E-state index contributed by atoms with van der Waals surface area (Å²) in [5, 5.41) is 11.9. The summed E-state index contributed by atoms with van der Waals surface area (Å²) >= 11 is 0. The van der Waals surface area contributed by atoms with Crippen LogP contribution in [0.4, 0.5) is 10.5 Å². The summed E-state index contributed by atoms with van der Waals surface area (Å²) in [5.74, 6) is -0.625. The monoisotopic (exact) mass is 292 g/mol. The molecule has 0 radical (unpaired) electrons. The number of carboxylic acid groups (broad SMARTS) is 1. The number of nitrogens with one attached hydrogen (secondary N) is 1. The minimum Gasteiger partial charge on any atom is -0.494 e. The number of carboxylic acids is 1. The predicted molar refractivity (Wildman–Crippen MR) is 78.5 cm³/mol. The zero-order valence-corrected chi connectivity index (χ0v) is 12.2. The second kappa shape index (κ2) is 6.47. The molecule has 0 aromatic heterocycles. The number of hydrogen-bond donors (Lipinski definition) is 2. The van der Waals surface area contributed by atoms with Crippen molar-refractivity contribution >= 4 is 17.7 Å². The van der Waals surface area contributed by atoms with E-state index in [2.05, 4.69) is 5.32 Å². The molecule has 2 rings (SSSR count). The Balaban J connectivity index is 1.94. The molecule has 1 aromatic rings. The highest BCUT2D eigenvalue weighted by molar-refractivity contribution is 5.90. The Morgan fingerprint density at radius 1 is 1.33 bits per heavy atom. The molecule has 2 N–H and O–H groups in total. The molecule has 114 valence electrons. The number of ether oxygens (including phenoxy) is 1. The molecule has 6 nitrogen and oxygen atoms in total. The van der Waals surface area contributed by atoms with Crippen molar-refractivity contribution < 1.29 is 19.4 Å². The zero-order chi connectivity index (χ0) is 15.4. The number of carbonyl (C=O) groups excluding carboxylic acids is 1. The average Bonchev–Trinajstić information content (AvgIpc) is 2.84. The van der Waals surface area contributed by atoms with Gasteiger partial charge in [-0.05, 0) is 37.1 Å². The highest BCUT2D eigenvalue weighted by Crippen LogP contribution is 2.24. The van der Waals surface area contributed by atoms with E-state index in [0.29, 0.717) is 18.8 Å². The molecule has 1 aliphatic rings. The molecule has 0 bridgehead atoms. The SMILES string of the molecule is CCOc1ccc(NC(=O)N2C[C@@H](C)[C@H](C(=O)O)C2)cc1. The molecule has 1 aromatic carbocycles. The maximum absolute atomic E-state index is 12.1. The number of likely N-dealkylation sites (tertiary alicyclic amines) is 1. The fraction of sp³-hybridized carbons (Fsp3) is 0.467. The third-order valence-corrected chi connectivity index (χ3v) is 3.63. The summed E-state index contributed by atoms with van der Waals surface area (Å²) in [6.07, 6.45) is 0. The lowest BCUT2D eigenvalue weighted by Crippen LogP contribution is -2.33. The van der Waals surface area contributed by atoms with Gasteiger partial charge in [0.25, 0.3) is 0 Å². The van der Waals surface area contributed by atoms with E-state index in [1.807, 2.05) is 13.8 Å². The van der Waals surface area contributed by atoms with Gasteiger partial charge in [0, 0.05) is 18.8 Å². The second-order valence-electron chi connectivity index (χ2n) is 5.21. The van der Waals surface area contributed by atoms with Crippen LogP contribution in [-0.4, -0.2) is 41.7 Å². The normalized spacial score (nSPS) is 21.1. The number of hydrogen-bond acceptors (Lipinski definition) is 3. The lowest BCUT2D eigenvalue weighted by atomic mass is 9.99. The first-order valence-corrected chi connectivity index (χ1v) is 7.03. The van der Waals surface area contributed by atoms with Crippen molar-refractivity contribution in [1.29, 1.82) is 0 Å². The summed E-state index contributed by atoms with van der Waals surface area (Å²) in [7, 11) is 0. The van der Waals surface area contributed by atoms with Crippen molar-refractivity contribution in [3.8, 4) is 5.75 Å². The number of nitrogens with zero attached hydrogens (tertiary/aromatic N) is 1. The fourth-order valence-corrected chi connectivity index (χ4v) is 2.46. The van der Waals surface area contributed by atoms with Crippen molar-refractivity contribution in [2.45, 2.75) is 13.8 Å². The van der Waals surface area contributed by atoms with Gasteiger partial charge in [-0.1, -0.05) is 6.92 Å². The molecule has 1 fully saturated rings. The molecule has 2 atom stereocenters. The van der Waals surface area contributed by atoms with Crippen LogP contribution in [0.3, 0.4) is 0 Å². The van der Waals surface area contributed by atoms with Gasteiger partial charge in [0.05, 0.1) is 12.5 Å². The molecule has 1 heterocycles. The fourth-order valence-electron chi connectivity index (χ4n) is 2.46. The summed E-state index contributed by atoms with van der Waals surface area (Å²) < 4.78 is 5.33. The van der Waals surface area contributed by atoms with Gasteiger partial charge in [0.1, 0.15) is 5.75 Å². The summed E-state index contributed by atoms with van der Waals surface area (Å²) in [6.45, 7) is 5.05. The van der Waals surface area contributed by atoms with Crippen LogP contribution in [0.1, 0.15) is 13.8 Å². The smallest absolute Gasteiger partial charge is 0.321 e. The molecule has 2 amide bonds. The molecule has 0 saturated carbocycles. The van der Waals surface area contributed by atoms with Crippen molar-refractivity contribution in [3.63, 3.8) is 0 Å². The standard InChI is InChI=1S/C15H20N2O4/c1-3-21-12-6-4-11(5-7-12)16-15(20)17-8-10(2)13(9-17)14(18)19/h4-7,10,13H,3,8-9H2,1-2H3,(H,16,20)(H,18,19)/t10-,13-/m1/s1. The van der Waals surface area contributed by atoms with Crippen LogP contribution in [0.15, 0.2) is 24.3 Å². The third-order valence-electron chi connectivity index (χ3n) is 3.63. The van der Waals surface area contributed by atoms with E-state index >= 15 is 0 Å². The molecule has 0 unspecified atom stereocenters. The van der Waals surface area contributed by atoms with Crippen molar-refractivity contribution in [2.24, 2.45) is 11.8 Å². The van der Waals surface area contributed by atoms with E-state index in [0.717, 1.165) is 5.75 Å². The molecule has 6 heteroatoms. The van der Waals surface area contributed by atoms with E-state index in [1.165, 1.54) is 0 Å². The lowest BCUT2D eigenvalue weighted by molar-refractivity contribution is -0.142. The Hall–Kier alpha value is -2.24. The van der Waals surface area contributed by atoms with E-state index in [-0.39, 0.29) is 18.5 Å². The first-order chi connectivity index (χ1) is 10.0. The highest BCUT2D eigenvalue weighted by Gasteiger charge is 2.36. The molecule has 0 spiro atoms. The summed E-state index contributed by atoms with van der Waals surface area (Å²) in [5.41, 5.74) is 0.662. The number of anilines is 1.